The molecule has 0 saturated heterocycles. The van der Waals surface area contributed by atoms with Gasteiger partial charge in [-0.1, -0.05) is 11.6 Å². The molecule has 112 valence electrons. The number of hydrogen-bond donors (Lipinski definition) is 1. The van der Waals surface area contributed by atoms with Gasteiger partial charge in [-0.05, 0) is 24.3 Å². The molecule has 0 spiro atoms. The average Bonchev–Trinajstić information content (AvgIpc) is 2.48. The SMILES string of the molecule is N#CC(C#N)=C(C#N)Nc1ccc(OC(F)(F)C(F)Cl)cc1. The molecule has 1 N–H and O–H groups in total. The number of hydrogen-bond acceptors (Lipinski definition) is 5. The number of ether oxygens (including phenoxy) is 1. The van der Waals surface area contributed by atoms with Gasteiger partial charge in [-0.2, -0.15) is 24.6 Å². The number of nitrogens with one attached hydrogen (secondary N) is 1. The predicted octanol–water partition coefficient (Wildman–Crippen LogP) is 3.43. The summed E-state index contributed by atoms with van der Waals surface area (Å²) in [5.74, 6) is -0.359. The first-order chi connectivity index (χ1) is 10.3. The first kappa shape index (κ1) is 17.2. The summed E-state index contributed by atoms with van der Waals surface area (Å²) in [6, 6.07) is 9.30. The van der Waals surface area contributed by atoms with Crippen molar-refractivity contribution in [2.24, 2.45) is 0 Å². The summed E-state index contributed by atoms with van der Waals surface area (Å²) in [7, 11) is 0. The van der Waals surface area contributed by atoms with Gasteiger partial charge in [0.15, 0.2) is 5.57 Å². The molecule has 0 amide bonds. The first-order valence-corrected chi connectivity index (χ1v) is 5.94. The number of allylic oxidation sites excluding steroid dienone is 2. The van der Waals surface area contributed by atoms with E-state index in [4.69, 9.17) is 15.8 Å². The maximum Gasteiger partial charge on any atom is 0.444 e. The molecular weight excluding hydrogens is 321 g/mol. The summed E-state index contributed by atoms with van der Waals surface area (Å²) in [5, 5.41) is 28.6. The number of anilines is 1. The van der Waals surface area contributed by atoms with E-state index in [0.717, 1.165) is 12.1 Å². The van der Waals surface area contributed by atoms with Gasteiger partial charge in [-0.25, -0.2) is 4.39 Å². The zero-order valence-electron chi connectivity index (χ0n) is 10.6. The van der Waals surface area contributed by atoms with Crippen LogP contribution in [0.25, 0.3) is 0 Å². The smallest absolute Gasteiger partial charge is 0.429 e. The Labute approximate surface area is 128 Å². The predicted molar refractivity (Wildman–Crippen MR) is 70.3 cm³/mol. The second-order valence-electron chi connectivity index (χ2n) is 3.70. The van der Waals surface area contributed by atoms with Crippen LogP contribution in [-0.4, -0.2) is 11.7 Å². The second kappa shape index (κ2) is 7.21. The van der Waals surface area contributed by atoms with Crippen molar-refractivity contribution in [1.29, 1.82) is 15.8 Å². The Morgan fingerprint density at radius 2 is 1.68 bits per heavy atom. The van der Waals surface area contributed by atoms with Crippen LogP contribution in [0.1, 0.15) is 0 Å². The molecule has 0 aliphatic carbocycles. The van der Waals surface area contributed by atoms with E-state index in [0.29, 0.717) is 0 Å². The molecule has 0 bridgehead atoms. The van der Waals surface area contributed by atoms with E-state index in [2.05, 4.69) is 21.7 Å². The van der Waals surface area contributed by atoms with Crippen molar-refractivity contribution in [2.45, 2.75) is 11.7 Å². The maximum atomic E-state index is 12.9. The van der Waals surface area contributed by atoms with Gasteiger partial charge >= 0.3 is 6.11 Å². The zero-order valence-corrected chi connectivity index (χ0v) is 11.4. The number of rotatable bonds is 5. The second-order valence-corrected chi connectivity index (χ2v) is 4.08. The van der Waals surface area contributed by atoms with Crippen molar-refractivity contribution >= 4 is 17.3 Å². The molecule has 0 saturated carbocycles. The van der Waals surface area contributed by atoms with Crippen LogP contribution in [0.4, 0.5) is 18.9 Å². The summed E-state index contributed by atoms with van der Waals surface area (Å²) >= 11 is 4.65. The van der Waals surface area contributed by atoms with Crippen molar-refractivity contribution in [3.8, 4) is 24.0 Å². The Morgan fingerprint density at radius 3 is 2.09 bits per heavy atom. The number of nitriles is 3. The molecule has 1 aromatic carbocycles. The number of alkyl halides is 4. The van der Waals surface area contributed by atoms with Crippen molar-refractivity contribution in [3.05, 3.63) is 35.5 Å². The van der Waals surface area contributed by atoms with Crippen molar-refractivity contribution in [3.63, 3.8) is 0 Å². The monoisotopic (exact) mass is 326 g/mol. The molecule has 1 rings (SSSR count). The normalized spacial score (nSPS) is 11.3. The topological polar surface area (TPSA) is 92.6 Å². The van der Waals surface area contributed by atoms with Crippen LogP contribution in [-0.2, 0) is 0 Å². The van der Waals surface area contributed by atoms with Crippen LogP contribution in [0.15, 0.2) is 35.5 Å². The fourth-order valence-electron chi connectivity index (χ4n) is 1.24. The van der Waals surface area contributed by atoms with Gasteiger partial charge in [0.2, 0.25) is 0 Å². The lowest BCUT2D eigenvalue weighted by Crippen LogP contribution is -2.32. The van der Waals surface area contributed by atoms with E-state index in [1.807, 2.05) is 0 Å². The Hall–Kier alpha value is -2.89. The van der Waals surface area contributed by atoms with Gasteiger partial charge in [0.05, 0.1) is 0 Å². The summed E-state index contributed by atoms with van der Waals surface area (Å²) < 4.78 is 42.3. The van der Waals surface area contributed by atoms with E-state index in [1.165, 1.54) is 24.3 Å². The van der Waals surface area contributed by atoms with Gasteiger partial charge in [0, 0.05) is 5.69 Å². The fourth-order valence-corrected chi connectivity index (χ4v) is 1.28. The van der Waals surface area contributed by atoms with Crippen LogP contribution in [0.5, 0.6) is 5.75 Å². The standard InChI is InChI=1S/C13H6ClF3N4O/c14-12(15)13(16,17)22-10-3-1-9(2-4-10)21-11(7-20)8(5-18)6-19/h1-4,12,21H. The Balaban J connectivity index is 2.92. The summed E-state index contributed by atoms with van der Waals surface area (Å²) in [5.41, 5.74) is -3.50. The fraction of sp³-hybridized carbons (Fsp3) is 0.154. The highest BCUT2D eigenvalue weighted by molar-refractivity contribution is 6.20. The minimum absolute atomic E-state index is 0.234. The Morgan fingerprint density at radius 1 is 1.14 bits per heavy atom. The van der Waals surface area contributed by atoms with E-state index >= 15 is 0 Å². The highest BCUT2D eigenvalue weighted by Crippen LogP contribution is 2.29. The molecule has 1 atom stereocenters. The molecule has 0 radical (unpaired) electrons. The van der Waals surface area contributed by atoms with Crippen LogP contribution < -0.4 is 10.1 Å². The quantitative estimate of drug-likeness (QED) is 0.661. The van der Waals surface area contributed by atoms with Gasteiger partial charge in [-0.3, -0.25) is 0 Å². The molecule has 0 aliphatic rings. The number of halogens is 4. The summed E-state index contributed by atoms with van der Waals surface area (Å²) in [6.45, 7) is 0. The summed E-state index contributed by atoms with van der Waals surface area (Å²) in [6.07, 6.45) is -4.19. The van der Waals surface area contributed by atoms with Crippen molar-refractivity contribution in [1.82, 2.24) is 0 Å². The number of benzene rings is 1. The van der Waals surface area contributed by atoms with E-state index in [-0.39, 0.29) is 17.1 Å². The highest BCUT2D eigenvalue weighted by atomic mass is 35.5. The lowest BCUT2D eigenvalue weighted by atomic mass is 10.2. The van der Waals surface area contributed by atoms with Crippen molar-refractivity contribution < 1.29 is 17.9 Å². The Kier molecular flexibility index (Phi) is 5.63. The molecule has 0 heterocycles. The third-order valence-electron chi connectivity index (χ3n) is 2.22. The molecule has 1 aromatic rings. The minimum Gasteiger partial charge on any atom is -0.429 e. The largest absolute Gasteiger partial charge is 0.444 e. The van der Waals surface area contributed by atoms with Crippen LogP contribution in [0.2, 0.25) is 0 Å². The molecule has 22 heavy (non-hydrogen) atoms. The third kappa shape index (κ3) is 4.31. The highest BCUT2D eigenvalue weighted by Gasteiger charge is 2.42. The molecule has 9 heteroatoms. The minimum atomic E-state index is -4.19. The van der Waals surface area contributed by atoms with E-state index in [1.54, 1.807) is 6.07 Å². The third-order valence-corrected chi connectivity index (χ3v) is 2.47. The first-order valence-electron chi connectivity index (χ1n) is 5.50. The van der Waals surface area contributed by atoms with Gasteiger partial charge < -0.3 is 10.1 Å². The lowest BCUT2D eigenvalue weighted by Gasteiger charge is -2.17. The van der Waals surface area contributed by atoms with Gasteiger partial charge in [0.1, 0.15) is 29.7 Å². The van der Waals surface area contributed by atoms with Gasteiger partial charge in [-0.15, -0.1) is 0 Å². The number of nitrogens with zero attached hydrogens (tertiary/aromatic N) is 3. The van der Waals surface area contributed by atoms with Crippen molar-refractivity contribution in [2.75, 3.05) is 5.32 Å². The molecule has 0 aromatic heterocycles. The van der Waals surface area contributed by atoms with Crippen LogP contribution in [0.3, 0.4) is 0 Å². The van der Waals surface area contributed by atoms with E-state index in [9.17, 15) is 13.2 Å². The zero-order chi connectivity index (χ0) is 16.8. The molecule has 1 unspecified atom stereocenters. The van der Waals surface area contributed by atoms with Crippen LogP contribution >= 0.6 is 11.6 Å². The molecule has 0 aliphatic heterocycles. The van der Waals surface area contributed by atoms with Gasteiger partial charge in [0.25, 0.3) is 5.63 Å². The Bertz CT molecular complexity index is 680. The molecular formula is C13H6ClF3N4O. The molecule has 5 nitrogen and oxygen atoms in total. The summed E-state index contributed by atoms with van der Waals surface area (Å²) in [4.78, 5) is 0. The van der Waals surface area contributed by atoms with E-state index < -0.39 is 17.3 Å². The average molecular weight is 327 g/mol. The van der Waals surface area contributed by atoms with Crippen LogP contribution in [0, 0.1) is 34.0 Å². The lowest BCUT2D eigenvalue weighted by molar-refractivity contribution is -0.199. The molecule has 0 fully saturated rings. The maximum absolute atomic E-state index is 12.9.